The van der Waals surface area contributed by atoms with E-state index in [9.17, 15) is 4.79 Å². The molecule has 1 aromatic carbocycles. The number of ether oxygens (including phenoxy) is 1. The molecule has 0 heterocycles. The van der Waals surface area contributed by atoms with Crippen molar-refractivity contribution in [1.29, 1.82) is 0 Å². The van der Waals surface area contributed by atoms with Crippen LogP contribution in [0.5, 0.6) is 5.75 Å². The van der Waals surface area contributed by atoms with Crippen LogP contribution in [-0.4, -0.2) is 13.4 Å². The van der Waals surface area contributed by atoms with Crippen molar-refractivity contribution in [3.8, 4) is 5.75 Å². The van der Waals surface area contributed by atoms with Crippen molar-refractivity contribution in [3.05, 3.63) is 26.7 Å². The van der Waals surface area contributed by atoms with Crippen LogP contribution in [0.1, 0.15) is 27.0 Å². The molecule has 0 bridgehead atoms. The van der Waals surface area contributed by atoms with Gasteiger partial charge in [-0.1, -0.05) is 15.9 Å². The van der Waals surface area contributed by atoms with Crippen LogP contribution in [0.25, 0.3) is 0 Å². The van der Waals surface area contributed by atoms with Gasteiger partial charge in [-0.15, -0.1) is 0 Å². The second kappa shape index (κ2) is 4.13. The third-order valence-corrected chi connectivity index (χ3v) is 3.72. The number of hydrogen-bond acceptors (Lipinski definition) is 2. The molecule has 0 aliphatic heterocycles. The van der Waals surface area contributed by atoms with E-state index in [2.05, 4.69) is 15.9 Å². The van der Waals surface area contributed by atoms with Gasteiger partial charge in [-0.25, -0.2) is 0 Å². The molecule has 0 aromatic heterocycles. The maximum atomic E-state index is 10.9. The topological polar surface area (TPSA) is 26.3 Å². The van der Waals surface area contributed by atoms with Crippen LogP contribution in [0.2, 0.25) is 0 Å². The average molecular weight is 257 g/mol. The lowest BCUT2D eigenvalue weighted by atomic mass is 10.00. The molecule has 76 valence electrons. The van der Waals surface area contributed by atoms with Crippen LogP contribution in [0.3, 0.4) is 0 Å². The summed E-state index contributed by atoms with van der Waals surface area (Å²) in [5.41, 5.74) is 3.68. The molecule has 0 aliphatic rings. The Kier molecular flexibility index (Phi) is 3.32. The first-order valence-corrected chi connectivity index (χ1v) is 5.12. The quantitative estimate of drug-likeness (QED) is 0.760. The van der Waals surface area contributed by atoms with E-state index < -0.39 is 0 Å². The second-order valence-corrected chi connectivity index (χ2v) is 4.05. The smallest absolute Gasteiger partial charge is 0.154 e. The van der Waals surface area contributed by atoms with E-state index in [1.807, 2.05) is 20.8 Å². The van der Waals surface area contributed by atoms with E-state index in [4.69, 9.17) is 4.74 Å². The number of halogens is 1. The molecular formula is C11H13BrO2. The maximum Gasteiger partial charge on any atom is 0.154 e. The zero-order valence-electron chi connectivity index (χ0n) is 8.77. The highest BCUT2D eigenvalue weighted by atomic mass is 79.9. The van der Waals surface area contributed by atoms with Crippen LogP contribution >= 0.6 is 15.9 Å². The summed E-state index contributed by atoms with van der Waals surface area (Å²) >= 11 is 3.47. The number of carbonyl (C=O) groups is 1. The standard InChI is InChI=1S/C11H13BrO2/c1-6-7(2)11(14-4)9(5-13)8(3)10(6)12/h5H,1-4H3. The van der Waals surface area contributed by atoms with Gasteiger partial charge in [-0.2, -0.15) is 0 Å². The van der Waals surface area contributed by atoms with Gasteiger partial charge in [0.25, 0.3) is 0 Å². The Hall–Kier alpha value is -0.830. The number of hydrogen-bond donors (Lipinski definition) is 0. The van der Waals surface area contributed by atoms with Gasteiger partial charge < -0.3 is 4.74 Å². The second-order valence-electron chi connectivity index (χ2n) is 3.25. The first-order chi connectivity index (χ1) is 6.54. The molecule has 0 saturated heterocycles. The molecule has 0 atom stereocenters. The van der Waals surface area contributed by atoms with Gasteiger partial charge in [0.2, 0.25) is 0 Å². The Morgan fingerprint density at radius 2 is 1.71 bits per heavy atom. The fourth-order valence-electron chi connectivity index (χ4n) is 1.51. The Balaban J connectivity index is 3.65. The lowest BCUT2D eigenvalue weighted by Gasteiger charge is -2.15. The van der Waals surface area contributed by atoms with Gasteiger partial charge in [-0.05, 0) is 37.5 Å². The molecule has 14 heavy (non-hydrogen) atoms. The Bertz CT molecular complexity index is 384. The van der Waals surface area contributed by atoms with E-state index in [1.165, 1.54) is 0 Å². The first-order valence-electron chi connectivity index (χ1n) is 4.33. The van der Waals surface area contributed by atoms with Gasteiger partial charge >= 0.3 is 0 Å². The average Bonchev–Trinajstić information content (AvgIpc) is 2.20. The van der Waals surface area contributed by atoms with Crippen molar-refractivity contribution < 1.29 is 9.53 Å². The van der Waals surface area contributed by atoms with E-state index >= 15 is 0 Å². The molecular weight excluding hydrogens is 244 g/mol. The summed E-state index contributed by atoms with van der Waals surface area (Å²) < 4.78 is 6.22. The maximum absolute atomic E-state index is 10.9. The molecule has 1 aromatic rings. The lowest BCUT2D eigenvalue weighted by Crippen LogP contribution is -2.00. The predicted octanol–water partition coefficient (Wildman–Crippen LogP) is 3.20. The Labute approximate surface area is 92.4 Å². The summed E-state index contributed by atoms with van der Waals surface area (Å²) in [5.74, 6) is 0.679. The van der Waals surface area contributed by atoms with E-state index in [-0.39, 0.29) is 0 Å². The van der Waals surface area contributed by atoms with Gasteiger partial charge in [0.1, 0.15) is 5.75 Å². The summed E-state index contributed by atoms with van der Waals surface area (Å²) in [6.45, 7) is 5.86. The van der Waals surface area contributed by atoms with E-state index in [0.717, 1.165) is 27.4 Å². The van der Waals surface area contributed by atoms with Crippen LogP contribution in [0.15, 0.2) is 4.47 Å². The normalized spacial score (nSPS) is 10.1. The van der Waals surface area contributed by atoms with E-state index in [0.29, 0.717) is 11.3 Å². The highest BCUT2D eigenvalue weighted by Gasteiger charge is 2.15. The minimum Gasteiger partial charge on any atom is -0.496 e. The highest BCUT2D eigenvalue weighted by Crippen LogP contribution is 2.34. The monoisotopic (exact) mass is 256 g/mol. The molecule has 0 aliphatic carbocycles. The first kappa shape index (κ1) is 11.2. The zero-order chi connectivity index (χ0) is 10.9. The highest BCUT2D eigenvalue weighted by molar-refractivity contribution is 9.10. The molecule has 2 nitrogen and oxygen atoms in total. The summed E-state index contributed by atoms with van der Waals surface area (Å²) in [6.07, 6.45) is 0.839. The molecule has 0 N–H and O–H groups in total. The van der Waals surface area contributed by atoms with Crippen molar-refractivity contribution in [2.24, 2.45) is 0 Å². The summed E-state index contributed by atoms with van der Waals surface area (Å²) in [6, 6.07) is 0. The van der Waals surface area contributed by atoms with Crippen molar-refractivity contribution in [1.82, 2.24) is 0 Å². The van der Waals surface area contributed by atoms with Crippen LogP contribution < -0.4 is 4.74 Å². The predicted molar refractivity (Wildman–Crippen MR) is 60.3 cm³/mol. The summed E-state index contributed by atoms with van der Waals surface area (Å²) in [7, 11) is 1.59. The number of aldehydes is 1. The van der Waals surface area contributed by atoms with Crippen LogP contribution in [-0.2, 0) is 0 Å². The molecule has 0 amide bonds. The molecule has 0 saturated carbocycles. The molecule has 0 radical (unpaired) electrons. The Morgan fingerprint density at radius 3 is 2.14 bits per heavy atom. The van der Waals surface area contributed by atoms with Crippen LogP contribution in [0, 0.1) is 20.8 Å². The minimum atomic E-state index is 0.627. The van der Waals surface area contributed by atoms with Crippen molar-refractivity contribution in [3.63, 3.8) is 0 Å². The van der Waals surface area contributed by atoms with Crippen LogP contribution in [0.4, 0.5) is 0 Å². The molecule has 0 unspecified atom stereocenters. The number of rotatable bonds is 2. The molecule has 0 spiro atoms. The number of benzene rings is 1. The molecule has 3 heteroatoms. The van der Waals surface area contributed by atoms with Gasteiger partial charge in [0.05, 0.1) is 12.7 Å². The summed E-state index contributed by atoms with van der Waals surface area (Å²) in [4.78, 5) is 10.9. The number of methoxy groups -OCH3 is 1. The lowest BCUT2D eigenvalue weighted by molar-refractivity contribution is 0.112. The fraction of sp³-hybridized carbons (Fsp3) is 0.364. The van der Waals surface area contributed by atoms with E-state index in [1.54, 1.807) is 7.11 Å². The number of carbonyl (C=O) groups excluding carboxylic acids is 1. The Morgan fingerprint density at radius 1 is 1.14 bits per heavy atom. The van der Waals surface area contributed by atoms with Crippen molar-refractivity contribution in [2.45, 2.75) is 20.8 Å². The third-order valence-electron chi connectivity index (χ3n) is 2.53. The minimum absolute atomic E-state index is 0.627. The fourth-order valence-corrected chi connectivity index (χ4v) is 2.02. The zero-order valence-corrected chi connectivity index (χ0v) is 10.4. The third kappa shape index (κ3) is 1.57. The molecule has 0 fully saturated rings. The van der Waals surface area contributed by atoms with Gasteiger partial charge in [0, 0.05) is 4.47 Å². The van der Waals surface area contributed by atoms with Crippen molar-refractivity contribution in [2.75, 3.05) is 7.11 Å². The van der Waals surface area contributed by atoms with Crippen molar-refractivity contribution >= 4 is 22.2 Å². The van der Waals surface area contributed by atoms with Gasteiger partial charge in [0.15, 0.2) is 6.29 Å². The SMILES string of the molecule is COc1c(C)c(C)c(Br)c(C)c1C=O. The molecule has 1 rings (SSSR count). The van der Waals surface area contributed by atoms with Gasteiger partial charge in [-0.3, -0.25) is 4.79 Å². The largest absolute Gasteiger partial charge is 0.496 e. The summed E-state index contributed by atoms with van der Waals surface area (Å²) in [5, 5.41) is 0.